The van der Waals surface area contributed by atoms with E-state index in [9.17, 15) is 9.59 Å². The maximum Gasteiger partial charge on any atom is 0.250 e. The number of hydrogen-bond donors (Lipinski definition) is 3. The monoisotopic (exact) mass is 293 g/mol. The third-order valence-corrected chi connectivity index (χ3v) is 2.98. The zero-order valence-electron chi connectivity index (χ0n) is 12.5. The number of rotatable bonds is 8. The van der Waals surface area contributed by atoms with Crippen molar-refractivity contribution in [3.8, 4) is 0 Å². The lowest BCUT2D eigenvalue weighted by molar-refractivity contribution is -0.120. The maximum atomic E-state index is 12.1. The van der Waals surface area contributed by atoms with Crippen molar-refractivity contribution in [3.63, 3.8) is 0 Å². The molecule has 0 saturated carbocycles. The molecule has 0 aromatic heterocycles. The topological polar surface area (TPSA) is 93.5 Å². The van der Waals surface area contributed by atoms with E-state index in [1.165, 1.54) is 7.11 Å². The molecule has 0 saturated heterocycles. The Bertz CT molecular complexity index is 477. The van der Waals surface area contributed by atoms with Crippen LogP contribution >= 0.6 is 0 Å². The molecule has 1 unspecified atom stereocenters. The molecule has 1 atom stereocenters. The quantitative estimate of drug-likeness (QED) is 0.678. The van der Waals surface area contributed by atoms with E-state index >= 15 is 0 Å². The Hall–Kier alpha value is -1.92. The summed E-state index contributed by atoms with van der Waals surface area (Å²) in [6.07, 6.45) is 1.66. The number of methoxy groups -OCH3 is 1. The molecule has 116 valence electrons. The lowest BCUT2D eigenvalue weighted by Gasteiger charge is -2.14. The Labute approximate surface area is 125 Å². The number of ether oxygens (including phenoxy) is 1. The molecule has 21 heavy (non-hydrogen) atoms. The summed E-state index contributed by atoms with van der Waals surface area (Å²) in [5.74, 6) is -0.534. The van der Waals surface area contributed by atoms with Gasteiger partial charge in [0, 0.05) is 25.0 Å². The Morgan fingerprint density at radius 3 is 2.52 bits per heavy atom. The van der Waals surface area contributed by atoms with Crippen LogP contribution in [0, 0.1) is 5.92 Å². The van der Waals surface area contributed by atoms with Crippen LogP contribution in [-0.4, -0.2) is 32.1 Å². The van der Waals surface area contributed by atoms with Crippen molar-refractivity contribution >= 4 is 23.2 Å². The molecule has 1 aromatic rings. The highest BCUT2D eigenvalue weighted by Crippen LogP contribution is 2.17. The highest BCUT2D eigenvalue weighted by atomic mass is 16.5. The first kappa shape index (κ1) is 17.1. The number of nitrogens with two attached hydrogens (primary N) is 1. The van der Waals surface area contributed by atoms with Crippen LogP contribution in [0.25, 0.3) is 0 Å². The van der Waals surface area contributed by atoms with Crippen LogP contribution in [0.5, 0.6) is 0 Å². The number of benzene rings is 1. The molecule has 0 aliphatic rings. The number of nitrogens with one attached hydrogen (secondary N) is 2. The summed E-state index contributed by atoms with van der Waals surface area (Å²) in [7, 11) is 1.46. The van der Waals surface area contributed by atoms with E-state index in [0.717, 1.165) is 12.8 Å². The zero-order chi connectivity index (χ0) is 15.7. The first-order chi connectivity index (χ1) is 10.1. The number of carbonyl (C=O) groups is 2. The van der Waals surface area contributed by atoms with E-state index < -0.39 is 0 Å². The SMILES string of the molecule is CCCC(CN)C(=O)Nc1cccc(NC(=O)COC)c1. The van der Waals surface area contributed by atoms with Crippen molar-refractivity contribution in [2.24, 2.45) is 11.7 Å². The minimum atomic E-state index is -0.244. The Kier molecular flexibility index (Phi) is 7.42. The van der Waals surface area contributed by atoms with Crippen LogP contribution in [0.2, 0.25) is 0 Å². The van der Waals surface area contributed by atoms with Gasteiger partial charge in [0.2, 0.25) is 11.8 Å². The zero-order valence-corrected chi connectivity index (χ0v) is 12.5. The first-order valence-corrected chi connectivity index (χ1v) is 7.00. The minimum absolute atomic E-state index is 0.0116. The van der Waals surface area contributed by atoms with Crippen LogP contribution in [0.4, 0.5) is 11.4 Å². The van der Waals surface area contributed by atoms with Gasteiger partial charge in [-0.1, -0.05) is 19.4 Å². The van der Waals surface area contributed by atoms with Gasteiger partial charge in [0.15, 0.2) is 0 Å². The minimum Gasteiger partial charge on any atom is -0.375 e. The Balaban J connectivity index is 2.67. The van der Waals surface area contributed by atoms with Gasteiger partial charge in [-0.3, -0.25) is 9.59 Å². The fraction of sp³-hybridized carbons (Fsp3) is 0.467. The van der Waals surface area contributed by atoms with Crippen LogP contribution < -0.4 is 16.4 Å². The third kappa shape index (κ3) is 5.93. The van der Waals surface area contributed by atoms with Crippen LogP contribution in [0.3, 0.4) is 0 Å². The second kappa shape index (κ2) is 9.10. The van der Waals surface area contributed by atoms with E-state index in [0.29, 0.717) is 17.9 Å². The van der Waals surface area contributed by atoms with E-state index in [1.807, 2.05) is 6.92 Å². The first-order valence-electron chi connectivity index (χ1n) is 7.00. The Morgan fingerprint density at radius 1 is 1.29 bits per heavy atom. The van der Waals surface area contributed by atoms with Crippen molar-refractivity contribution in [1.82, 2.24) is 0 Å². The Morgan fingerprint density at radius 2 is 1.95 bits per heavy atom. The lowest BCUT2D eigenvalue weighted by atomic mass is 10.0. The molecule has 6 nitrogen and oxygen atoms in total. The molecule has 6 heteroatoms. The van der Waals surface area contributed by atoms with Crippen molar-refractivity contribution in [3.05, 3.63) is 24.3 Å². The molecule has 2 amide bonds. The van der Waals surface area contributed by atoms with Crippen LogP contribution in [0.1, 0.15) is 19.8 Å². The van der Waals surface area contributed by atoms with E-state index in [1.54, 1.807) is 24.3 Å². The van der Waals surface area contributed by atoms with Crippen molar-refractivity contribution < 1.29 is 14.3 Å². The number of hydrogen-bond acceptors (Lipinski definition) is 4. The molecule has 0 aliphatic heterocycles. The van der Waals surface area contributed by atoms with E-state index in [4.69, 9.17) is 10.5 Å². The average Bonchev–Trinajstić information content (AvgIpc) is 2.45. The summed E-state index contributed by atoms with van der Waals surface area (Å²) in [5.41, 5.74) is 6.85. The molecule has 0 fully saturated rings. The largest absolute Gasteiger partial charge is 0.375 e. The van der Waals surface area contributed by atoms with Gasteiger partial charge in [0.25, 0.3) is 0 Å². The average molecular weight is 293 g/mol. The molecular formula is C15H23N3O3. The highest BCUT2D eigenvalue weighted by molar-refractivity contribution is 5.95. The molecule has 0 radical (unpaired) electrons. The van der Waals surface area contributed by atoms with E-state index in [2.05, 4.69) is 10.6 Å². The third-order valence-electron chi connectivity index (χ3n) is 2.98. The second-order valence-corrected chi connectivity index (χ2v) is 4.77. The maximum absolute atomic E-state index is 12.1. The van der Waals surface area contributed by atoms with Gasteiger partial charge in [-0.25, -0.2) is 0 Å². The molecule has 0 bridgehead atoms. The fourth-order valence-corrected chi connectivity index (χ4v) is 1.95. The highest BCUT2D eigenvalue weighted by Gasteiger charge is 2.15. The smallest absolute Gasteiger partial charge is 0.250 e. The number of amides is 2. The van der Waals surface area contributed by atoms with E-state index in [-0.39, 0.29) is 24.3 Å². The summed E-state index contributed by atoms with van der Waals surface area (Å²) in [6, 6.07) is 6.97. The van der Waals surface area contributed by atoms with Crippen molar-refractivity contribution in [2.45, 2.75) is 19.8 Å². The summed E-state index contributed by atoms with van der Waals surface area (Å²) in [4.78, 5) is 23.5. The van der Waals surface area contributed by atoms with Gasteiger partial charge in [0.1, 0.15) is 6.61 Å². The van der Waals surface area contributed by atoms with Crippen molar-refractivity contribution in [1.29, 1.82) is 0 Å². The molecule has 1 aromatic carbocycles. The standard InChI is InChI=1S/C15H23N3O3/c1-3-5-11(9-16)15(20)18-13-7-4-6-12(8-13)17-14(19)10-21-2/h4,6-8,11H,3,5,9-10,16H2,1-2H3,(H,17,19)(H,18,20). The normalized spacial score (nSPS) is 11.8. The predicted molar refractivity (Wildman–Crippen MR) is 83.0 cm³/mol. The molecule has 1 rings (SSSR count). The molecular weight excluding hydrogens is 270 g/mol. The summed E-state index contributed by atoms with van der Waals surface area (Å²) < 4.78 is 4.75. The van der Waals surface area contributed by atoms with Crippen LogP contribution in [-0.2, 0) is 14.3 Å². The predicted octanol–water partition coefficient (Wildman–Crippen LogP) is 1.58. The van der Waals surface area contributed by atoms with Gasteiger partial charge in [-0.2, -0.15) is 0 Å². The molecule has 0 heterocycles. The van der Waals surface area contributed by atoms with Gasteiger partial charge in [-0.15, -0.1) is 0 Å². The number of anilines is 2. The molecule has 4 N–H and O–H groups in total. The molecule has 0 aliphatic carbocycles. The lowest BCUT2D eigenvalue weighted by Crippen LogP contribution is -2.29. The summed E-state index contributed by atoms with van der Waals surface area (Å²) in [6.45, 7) is 2.33. The fourth-order valence-electron chi connectivity index (χ4n) is 1.95. The second-order valence-electron chi connectivity index (χ2n) is 4.77. The number of carbonyl (C=O) groups excluding carboxylic acids is 2. The van der Waals surface area contributed by atoms with Crippen LogP contribution in [0.15, 0.2) is 24.3 Å². The van der Waals surface area contributed by atoms with Gasteiger partial charge < -0.3 is 21.1 Å². The summed E-state index contributed by atoms with van der Waals surface area (Å²) in [5, 5.41) is 5.51. The summed E-state index contributed by atoms with van der Waals surface area (Å²) >= 11 is 0. The van der Waals surface area contributed by atoms with Crippen molar-refractivity contribution in [2.75, 3.05) is 30.9 Å². The van der Waals surface area contributed by atoms with Gasteiger partial charge >= 0.3 is 0 Å². The van der Waals surface area contributed by atoms with Gasteiger partial charge in [0.05, 0.1) is 5.92 Å². The van der Waals surface area contributed by atoms with Gasteiger partial charge in [-0.05, 0) is 24.6 Å². The molecule has 0 spiro atoms.